The molecule has 1 atom stereocenters. The Balaban J connectivity index is 1.25. The fourth-order valence-electron chi connectivity index (χ4n) is 4.72. The highest BCUT2D eigenvalue weighted by molar-refractivity contribution is 5.74. The van der Waals surface area contributed by atoms with E-state index in [-0.39, 0.29) is 11.6 Å². The molecule has 0 radical (unpaired) electrons. The second-order valence-electron chi connectivity index (χ2n) is 7.93. The molecule has 1 spiro atoms. The molecule has 0 unspecified atom stereocenters. The summed E-state index contributed by atoms with van der Waals surface area (Å²) in [6.45, 7) is 6.08. The van der Waals surface area contributed by atoms with Gasteiger partial charge in [-0.15, -0.1) is 0 Å². The molecule has 148 valence electrons. The normalized spacial score (nSPS) is 24.2. The molecule has 27 heavy (non-hydrogen) atoms. The van der Waals surface area contributed by atoms with E-state index in [2.05, 4.69) is 21.3 Å². The molecule has 0 aliphatic carbocycles. The van der Waals surface area contributed by atoms with Gasteiger partial charge in [-0.1, -0.05) is 6.07 Å². The van der Waals surface area contributed by atoms with Crippen molar-refractivity contribution in [1.29, 1.82) is 0 Å². The molecule has 7 heteroatoms. The molecule has 3 saturated heterocycles. The Bertz CT molecular complexity index is 656. The lowest BCUT2D eigenvalue weighted by Gasteiger charge is -2.50. The van der Waals surface area contributed by atoms with Gasteiger partial charge in [-0.3, -0.25) is 4.90 Å². The second kappa shape index (κ2) is 8.02. The fourth-order valence-corrected chi connectivity index (χ4v) is 4.72. The van der Waals surface area contributed by atoms with Crippen molar-refractivity contribution in [2.24, 2.45) is 5.92 Å². The van der Waals surface area contributed by atoms with E-state index in [1.807, 2.05) is 11.0 Å². The minimum atomic E-state index is -0.0339. The number of hydrogen-bond acceptors (Lipinski definition) is 5. The van der Waals surface area contributed by atoms with Crippen LogP contribution in [0.5, 0.6) is 5.88 Å². The van der Waals surface area contributed by atoms with Gasteiger partial charge in [0.25, 0.3) is 0 Å². The molecule has 4 rings (SSSR count). The highest BCUT2D eigenvalue weighted by Gasteiger charge is 2.52. The summed E-state index contributed by atoms with van der Waals surface area (Å²) in [5.74, 6) is 1.22. The van der Waals surface area contributed by atoms with Crippen molar-refractivity contribution in [3.63, 3.8) is 0 Å². The lowest BCUT2D eigenvalue weighted by Crippen LogP contribution is -2.64. The first-order valence-electron chi connectivity index (χ1n) is 10.1. The summed E-state index contributed by atoms with van der Waals surface area (Å²) in [4.78, 5) is 20.7. The van der Waals surface area contributed by atoms with E-state index < -0.39 is 0 Å². The second-order valence-corrected chi connectivity index (χ2v) is 7.93. The number of nitrogens with one attached hydrogen (secondary N) is 1. The van der Waals surface area contributed by atoms with Gasteiger partial charge in [0.15, 0.2) is 0 Å². The Morgan fingerprint density at radius 2 is 2.22 bits per heavy atom. The van der Waals surface area contributed by atoms with E-state index in [1.54, 1.807) is 13.3 Å². The number of rotatable bonds is 6. The molecule has 3 fully saturated rings. The smallest absolute Gasteiger partial charge is 0.317 e. The maximum atomic E-state index is 12.1. The average molecular weight is 374 g/mol. The van der Waals surface area contributed by atoms with Gasteiger partial charge in [0.05, 0.1) is 12.7 Å². The molecule has 1 N–H and O–H groups in total. The minimum Gasteiger partial charge on any atom is -0.481 e. The van der Waals surface area contributed by atoms with Gasteiger partial charge in [-0.25, -0.2) is 9.78 Å². The Labute approximate surface area is 161 Å². The number of carbonyl (C=O) groups excluding carboxylic acids is 1. The number of methoxy groups -OCH3 is 1. The molecule has 1 aromatic rings. The van der Waals surface area contributed by atoms with Gasteiger partial charge < -0.3 is 19.7 Å². The molecule has 0 bridgehead atoms. The van der Waals surface area contributed by atoms with Crippen LogP contribution in [0, 0.1) is 5.92 Å². The first-order chi connectivity index (χ1) is 13.2. The standard InChI is InChI=1S/C20H30N4O3/c1-26-18-16(5-4-8-21-18)13-23-14-20(15-23)17(7-12-27-20)6-9-22-19(25)24-10-2-3-11-24/h4-5,8,17H,2-3,6-7,9-15H2,1H3,(H,22,25)/t17-/m0/s1. The third-order valence-corrected chi connectivity index (χ3v) is 6.18. The van der Waals surface area contributed by atoms with Crippen molar-refractivity contribution in [1.82, 2.24) is 20.1 Å². The maximum Gasteiger partial charge on any atom is 0.317 e. The number of amides is 2. The summed E-state index contributed by atoms with van der Waals surface area (Å²) in [6.07, 6.45) is 6.09. The summed E-state index contributed by atoms with van der Waals surface area (Å²) >= 11 is 0. The Kier molecular flexibility index (Phi) is 5.50. The van der Waals surface area contributed by atoms with Crippen LogP contribution in [-0.2, 0) is 11.3 Å². The highest BCUT2D eigenvalue weighted by Crippen LogP contribution is 2.42. The van der Waals surface area contributed by atoms with Crippen LogP contribution in [0.1, 0.15) is 31.2 Å². The molecular formula is C20H30N4O3. The van der Waals surface area contributed by atoms with Crippen LogP contribution in [-0.4, -0.2) is 72.9 Å². The van der Waals surface area contributed by atoms with Gasteiger partial charge in [0.2, 0.25) is 5.88 Å². The molecule has 4 heterocycles. The summed E-state index contributed by atoms with van der Waals surface area (Å²) < 4.78 is 11.5. The van der Waals surface area contributed by atoms with E-state index >= 15 is 0 Å². The van der Waals surface area contributed by atoms with Crippen LogP contribution < -0.4 is 10.1 Å². The van der Waals surface area contributed by atoms with Crippen molar-refractivity contribution < 1.29 is 14.3 Å². The first kappa shape index (κ1) is 18.5. The highest BCUT2D eigenvalue weighted by atomic mass is 16.5. The van der Waals surface area contributed by atoms with E-state index in [9.17, 15) is 4.79 Å². The lowest BCUT2D eigenvalue weighted by molar-refractivity contribution is -0.136. The minimum absolute atomic E-state index is 0.0339. The number of pyridine rings is 1. The van der Waals surface area contributed by atoms with Crippen molar-refractivity contribution in [3.05, 3.63) is 23.9 Å². The van der Waals surface area contributed by atoms with E-state index in [0.717, 1.165) is 77.1 Å². The fraction of sp³-hybridized carbons (Fsp3) is 0.700. The van der Waals surface area contributed by atoms with Crippen molar-refractivity contribution in [3.8, 4) is 5.88 Å². The predicted octanol–water partition coefficient (Wildman–Crippen LogP) is 1.88. The molecule has 3 aliphatic heterocycles. The molecule has 1 aromatic heterocycles. The van der Waals surface area contributed by atoms with E-state index in [0.29, 0.717) is 11.8 Å². The number of nitrogens with zero attached hydrogens (tertiary/aromatic N) is 3. The summed E-state index contributed by atoms with van der Waals surface area (Å²) in [5, 5.41) is 3.10. The van der Waals surface area contributed by atoms with E-state index in [4.69, 9.17) is 9.47 Å². The maximum absolute atomic E-state index is 12.1. The van der Waals surface area contributed by atoms with Crippen LogP contribution in [0.4, 0.5) is 4.79 Å². The number of urea groups is 1. The van der Waals surface area contributed by atoms with Crippen molar-refractivity contribution in [2.75, 3.05) is 46.4 Å². The topological polar surface area (TPSA) is 66.9 Å². The first-order valence-corrected chi connectivity index (χ1v) is 10.1. The molecule has 0 aromatic carbocycles. The molecule has 7 nitrogen and oxygen atoms in total. The van der Waals surface area contributed by atoms with Gasteiger partial charge in [0, 0.05) is 57.6 Å². The van der Waals surface area contributed by atoms with E-state index in [1.165, 1.54) is 0 Å². The molecular weight excluding hydrogens is 344 g/mol. The summed E-state index contributed by atoms with van der Waals surface area (Å²) in [5.41, 5.74) is 1.08. The van der Waals surface area contributed by atoms with Gasteiger partial charge >= 0.3 is 6.03 Å². The third kappa shape index (κ3) is 3.89. The number of hydrogen-bond donors (Lipinski definition) is 1. The largest absolute Gasteiger partial charge is 0.481 e. The Morgan fingerprint density at radius 3 is 3.00 bits per heavy atom. The average Bonchev–Trinajstić information content (AvgIpc) is 3.32. The number of carbonyl (C=O) groups is 1. The van der Waals surface area contributed by atoms with Gasteiger partial charge in [-0.05, 0) is 37.7 Å². The van der Waals surface area contributed by atoms with Gasteiger partial charge in [-0.2, -0.15) is 0 Å². The lowest BCUT2D eigenvalue weighted by atomic mass is 9.79. The molecule has 0 saturated carbocycles. The monoisotopic (exact) mass is 374 g/mol. The number of aromatic nitrogens is 1. The Morgan fingerprint density at radius 1 is 1.41 bits per heavy atom. The predicted molar refractivity (Wildman–Crippen MR) is 102 cm³/mol. The zero-order valence-electron chi connectivity index (χ0n) is 16.2. The quantitative estimate of drug-likeness (QED) is 0.824. The van der Waals surface area contributed by atoms with Gasteiger partial charge in [0.1, 0.15) is 0 Å². The summed E-state index contributed by atoms with van der Waals surface area (Å²) in [6, 6.07) is 4.11. The number of ether oxygens (including phenoxy) is 2. The van der Waals surface area contributed by atoms with Crippen LogP contribution in [0.3, 0.4) is 0 Å². The van der Waals surface area contributed by atoms with Crippen LogP contribution in [0.2, 0.25) is 0 Å². The van der Waals surface area contributed by atoms with Crippen LogP contribution in [0.15, 0.2) is 18.3 Å². The molecule has 2 amide bonds. The van der Waals surface area contributed by atoms with Crippen LogP contribution in [0.25, 0.3) is 0 Å². The Hall–Kier alpha value is -1.86. The number of likely N-dealkylation sites (tertiary alicyclic amines) is 2. The molecule has 3 aliphatic rings. The van der Waals surface area contributed by atoms with Crippen molar-refractivity contribution in [2.45, 2.75) is 37.8 Å². The SMILES string of the molecule is COc1ncccc1CN1CC2(C1)OCC[C@@H]2CCNC(=O)N1CCCC1. The third-order valence-electron chi connectivity index (χ3n) is 6.18. The zero-order valence-corrected chi connectivity index (χ0v) is 16.2. The van der Waals surface area contributed by atoms with Crippen molar-refractivity contribution >= 4 is 6.03 Å². The van der Waals surface area contributed by atoms with Crippen LogP contribution >= 0.6 is 0 Å². The summed E-state index contributed by atoms with van der Waals surface area (Å²) in [7, 11) is 1.66. The zero-order chi connectivity index (χ0) is 18.7.